The molecule has 2 aromatic carbocycles. The van der Waals surface area contributed by atoms with Crippen LogP contribution in [-0.4, -0.2) is 22.1 Å². The molecular formula is C22H38O3S. The van der Waals surface area contributed by atoms with Gasteiger partial charge in [-0.15, -0.1) is 0 Å². The van der Waals surface area contributed by atoms with Crippen molar-refractivity contribution < 1.29 is 13.2 Å². The minimum absolute atomic E-state index is 0.330. The Kier molecular flexibility index (Phi) is 24.0. The van der Waals surface area contributed by atoms with E-state index in [2.05, 4.69) is 6.92 Å². The number of sulfone groups is 1. The van der Waals surface area contributed by atoms with Crippen LogP contribution in [-0.2, 0) is 14.6 Å². The van der Waals surface area contributed by atoms with Crippen molar-refractivity contribution in [2.45, 2.75) is 64.7 Å². The van der Waals surface area contributed by atoms with Crippen molar-refractivity contribution >= 4 is 9.84 Å². The Morgan fingerprint density at radius 3 is 1.19 bits per heavy atom. The number of ether oxygens (including phenoxy) is 1. The lowest BCUT2D eigenvalue weighted by Crippen LogP contribution is -2.00. The van der Waals surface area contributed by atoms with Crippen LogP contribution in [0.5, 0.6) is 0 Å². The smallest absolute Gasteiger partial charge is 0.206 e. The molecule has 0 aliphatic rings. The molecule has 0 bridgehead atoms. The van der Waals surface area contributed by atoms with Gasteiger partial charge in [-0.3, -0.25) is 0 Å². The Labute approximate surface area is 162 Å². The molecule has 0 heterocycles. The summed E-state index contributed by atoms with van der Waals surface area (Å²) in [5.41, 5.74) is 0. The molecule has 0 radical (unpaired) electrons. The molecule has 26 heavy (non-hydrogen) atoms. The van der Waals surface area contributed by atoms with Crippen molar-refractivity contribution in [2.24, 2.45) is 0 Å². The van der Waals surface area contributed by atoms with E-state index in [0.29, 0.717) is 9.79 Å². The van der Waals surface area contributed by atoms with Crippen molar-refractivity contribution in [2.75, 3.05) is 13.7 Å². The van der Waals surface area contributed by atoms with Gasteiger partial charge in [0, 0.05) is 13.7 Å². The summed E-state index contributed by atoms with van der Waals surface area (Å²) in [6.07, 6.45) is 1.12. The van der Waals surface area contributed by atoms with Crippen LogP contribution in [0.25, 0.3) is 0 Å². The second-order valence-corrected chi connectivity index (χ2v) is 6.07. The fourth-order valence-corrected chi connectivity index (χ4v) is 2.84. The predicted octanol–water partition coefficient (Wildman–Crippen LogP) is 6.64. The van der Waals surface area contributed by atoms with Crippen molar-refractivity contribution in [1.82, 2.24) is 0 Å². The van der Waals surface area contributed by atoms with Gasteiger partial charge in [-0.2, -0.15) is 0 Å². The monoisotopic (exact) mass is 382 g/mol. The molecule has 0 aromatic heterocycles. The average Bonchev–Trinajstić information content (AvgIpc) is 2.75. The number of methoxy groups -OCH3 is 1. The third-order valence-corrected chi connectivity index (χ3v) is 4.30. The predicted molar refractivity (Wildman–Crippen MR) is 115 cm³/mol. The summed E-state index contributed by atoms with van der Waals surface area (Å²) >= 11 is 0. The number of hydrogen-bond donors (Lipinski definition) is 0. The highest BCUT2D eigenvalue weighted by atomic mass is 32.2. The van der Waals surface area contributed by atoms with Gasteiger partial charge in [0.2, 0.25) is 9.84 Å². The van der Waals surface area contributed by atoms with Crippen LogP contribution in [0.4, 0.5) is 0 Å². The van der Waals surface area contributed by atoms with Gasteiger partial charge in [0.1, 0.15) is 0 Å². The zero-order valence-corrected chi connectivity index (χ0v) is 18.6. The number of hydrogen-bond acceptors (Lipinski definition) is 3. The summed E-state index contributed by atoms with van der Waals surface area (Å²) in [5.74, 6) is 0. The Hall–Kier alpha value is -1.65. The molecule has 0 aliphatic heterocycles. The maximum atomic E-state index is 12.0. The quantitative estimate of drug-likeness (QED) is 0.595. The van der Waals surface area contributed by atoms with Crippen molar-refractivity contribution in [3.63, 3.8) is 0 Å². The maximum absolute atomic E-state index is 12.0. The zero-order valence-electron chi connectivity index (χ0n) is 17.8. The van der Waals surface area contributed by atoms with Gasteiger partial charge in [-0.1, -0.05) is 84.9 Å². The van der Waals surface area contributed by atoms with Gasteiger partial charge in [0.25, 0.3) is 0 Å². The summed E-state index contributed by atoms with van der Waals surface area (Å²) in [5, 5.41) is 0. The second-order valence-electron chi connectivity index (χ2n) is 4.12. The van der Waals surface area contributed by atoms with E-state index in [1.165, 1.54) is 0 Å². The third-order valence-electron chi connectivity index (χ3n) is 2.52. The molecular weight excluding hydrogens is 344 g/mol. The van der Waals surface area contributed by atoms with Crippen molar-refractivity contribution in [1.29, 1.82) is 0 Å². The van der Waals surface area contributed by atoms with E-state index < -0.39 is 9.84 Å². The highest BCUT2D eigenvalue weighted by molar-refractivity contribution is 7.91. The molecule has 0 atom stereocenters. The Morgan fingerprint density at radius 1 is 0.692 bits per heavy atom. The largest absolute Gasteiger partial charge is 0.385 e. The molecule has 2 aromatic rings. The lowest BCUT2D eigenvalue weighted by Gasteiger charge is -2.03. The number of rotatable bonds is 4. The topological polar surface area (TPSA) is 43.4 Å². The van der Waals surface area contributed by atoms with Gasteiger partial charge in [-0.05, 0) is 30.7 Å². The molecule has 150 valence electrons. The second kappa shape index (κ2) is 21.4. The first-order chi connectivity index (χ1) is 12.6. The van der Waals surface area contributed by atoms with Gasteiger partial charge < -0.3 is 4.74 Å². The average molecular weight is 383 g/mol. The van der Waals surface area contributed by atoms with E-state index in [1.54, 1.807) is 67.8 Å². The molecule has 4 heteroatoms. The molecule has 0 N–H and O–H groups in total. The summed E-state index contributed by atoms with van der Waals surface area (Å²) < 4.78 is 28.8. The minimum atomic E-state index is -3.34. The molecule has 0 unspecified atom stereocenters. The van der Waals surface area contributed by atoms with Crippen molar-refractivity contribution in [3.8, 4) is 0 Å². The van der Waals surface area contributed by atoms with Crippen LogP contribution in [0.2, 0.25) is 0 Å². The summed E-state index contributed by atoms with van der Waals surface area (Å²) in [6.45, 7) is 15.0. The standard InChI is InChI=1S/C12H10O2S.C4H10O.3C2H6/c13-15(14,11-7-3-1-4-8-11)12-9-5-2-6-10-12;1-3-4-5-2;3*1-2/h1-10H;3-4H2,1-2H3;3*1-2H3. The van der Waals surface area contributed by atoms with Gasteiger partial charge >= 0.3 is 0 Å². The first-order valence-electron chi connectivity index (χ1n) is 9.47. The molecule has 0 saturated carbocycles. The van der Waals surface area contributed by atoms with Crippen LogP contribution in [0.15, 0.2) is 70.5 Å². The molecule has 0 amide bonds. The normalized spacial score (nSPS) is 8.77. The lowest BCUT2D eigenvalue weighted by atomic mass is 10.4. The fraction of sp³-hybridized carbons (Fsp3) is 0.455. The Balaban J connectivity index is -0.000000407. The van der Waals surface area contributed by atoms with E-state index in [-0.39, 0.29) is 0 Å². The fourth-order valence-electron chi connectivity index (χ4n) is 1.54. The summed E-state index contributed by atoms with van der Waals surface area (Å²) in [4.78, 5) is 0.660. The van der Waals surface area contributed by atoms with Crippen LogP contribution >= 0.6 is 0 Å². The molecule has 3 nitrogen and oxygen atoms in total. The first kappa shape index (κ1) is 29.1. The molecule has 0 fully saturated rings. The SMILES string of the molecule is CC.CC.CC.CCCOC.O=S(=O)(c1ccccc1)c1ccccc1. The van der Waals surface area contributed by atoms with Crippen LogP contribution < -0.4 is 0 Å². The number of benzene rings is 2. The Bertz CT molecular complexity index is 532. The van der Waals surface area contributed by atoms with Gasteiger partial charge in [0.05, 0.1) is 9.79 Å². The van der Waals surface area contributed by atoms with Crippen LogP contribution in [0.1, 0.15) is 54.9 Å². The highest BCUT2D eigenvalue weighted by Crippen LogP contribution is 2.19. The summed E-state index contributed by atoms with van der Waals surface area (Å²) in [7, 11) is -1.63. The van der Waals surface area contributed by atoms with Crippen LogP contribution in [0.3, 0.4) is 0 Å². The van der Waals surface area contributed by atoms with Crippen LogP contribution in [0, 0.1) is 0 Å². The zero-order chi connectivity index (χ0) is 20.8. The van der Waals surface area contributed by atoms with E-state index >= 15 is 0 Å². The third kappa shape index (κ3) is 12.7. The van der Waals surface area contributed by atoms with E-state index in [0.717, 1.165) is 13.0 Å². The van der Waals surface area contributed by atoms with E-state index in [4.69, 9.17) is 4.74 Å². The minimum Gasteiger partial charge on any atom is -0.385 e. The highest BCUT2D eigenvalue weighted by Gasteiger charge is 2.15. The summed E-state index contributed by atoms with van der Waals surface area (Å²) in [6, 6.07) is 16.9. The molecule has 0 spiro atoms. The Morgan fingerprint density at radius 2 is 1.00 bits per heavy atom. The lowest BCUT2D eigenvalue weighted by molar-refractivity contribution is 0.199. The van der Waals surface area contributed by atoms with Gasteiger partial charge in [-0.25, -0.2) is 8.42 Å². The molecule has 0 saturated heterocycles. The van der Waals surface area contributed by atoms with Crippen molar-refractivity contribution in [3.05, 3.63) is 60.7 Å². The van der Waals surface area contributed by atoms with Gasteiger partial charge in [0.15, 0.2) is 0 Å². The molecule has 2 rings (SSSR count). The first-order valence-corrected chi connectivity index (χ1v) is 11.0. The van der Waals surface area contributed by atoms with E-state index in [9.17, 15) is 8.42 Å². The molecule has 0 aliphatic carbocycles. The maximum Gasteiger partial charge on any atom is 0.206 e. The van der Waals surface area contributed by atoms with E-state index in [1.807, 2.05) is 41.5 Å².